The molecule has 162 valence electrons. The van der Waals surface area contributed by atoms with Gasteiger partial charge in [-0.2, -0.15) is 0 Å². The zero-order chi connectivity index (χ0) is 21.9. The molecular weight excluding hydrogens is 404 g/mol. The number of benzene rings is 2. The van der Waals surface area contributed by atoms with Crippen molar-refractivity contribution in [3.8, 4) is 0 Å². The fourth-order valence-electron chi connectivity index (χ4n) is 4.30. The molecule has 0 spiro atoms. The van der Waals surface area contributed by atoms with Crippen molar-refractivity contribution in [1.82, 2.24) is 10.2 Å². The second-order valence-electron chi connectivity index (χ2n) is 8.11. The number of hydrogen-bond acceptors (Lipinski definition) is 4. The Bertz CT molecular complexity index is 1180. The average Bonchev–Trinajstić information content (AvgIpc) is 3.52. The Labute approximate surface area is 185 Å². The lowest BCUT2D eigenvalue weighted by Crippen LogP contribution is -2.46. The number of amides is 2. The van der Waals surface area contributed by atoms with Gasteiger partial charge < -0.3 is 19.1 Å². The Morgan fingerprint density at radius 3 is 2.59 bits per heavy atom. The van der Waals surface area contributed by atoms with Gasteiger partial charge in [-0.1, -0.05) is 48.5 Å². The van der Waals surface area contributed by atoms with Crippen LogP contribution in [0.5, 0.6) is 0 Å². The van der Waals surface area contributed by atoms with Crippen molar-refractivity contribution >= 4 is 22.8 Å². The van der Waals surface area contributed by atoms with E-state index in [0.29, 0.717) is 24.6 Å². The van der Waals surface area contributed by atoms with E-state index in [9.17, 15) is 9.59 Å². The van der Waals surface area contributed by atoms with Crippen LogP contribution in [-0.4, -0.2) is 29.8 Å². The normalized spacial score (nSPS) is 17.2. The van der Waals surface area contributed by atoms with Gasteiger partial charge in [0.05, 0.1) is 12.2 Å². The predicted octanol–water partition coefficient (Wildman–Crippen LogP) is 4.78. The van der Waals surface area contributed by atoms with E-state index in [1.807, 2.05) is 60.7 Å². The standard InChI is InChI=1S/C26H24N2O4/c29-25(20-11-6-14-28(17-20)26(30)22-13-7-15-31-22)27-24(18-8-2-1-3-9-18)23-16-19-10-4-5-12-21(19)32-23/h1-5,7-10,12-13,15-16,20,24H,6,11,14,17H2,(H,27,29)/t20-,24-/m0/s1. The molecule has 2 aromatic carbocycles. The molecule has 0 aliphatic carbocycles. The van der Waals surface area contributed by atoms with E-state index < -0.39 is 6.04 Å². The Balaban J connectivity index is 1.37. The number of carbonyl (C=O) groups excluding carboxylic acids is 2. The third kappa shape index (κ3) is 4.04. The van der Waals surface area contributed by atoms with E-state index >= 15 is 0 Å². The lowest BCUT2D eigenvalue weighted by atomic mass is 9.95. The number of nitrogens with zero attached hydrogens (tertiary/aromatic N) is 1. The number of rotatable bonds is 5. The molecule has 0 radical (unpaired) electrons. The number of nitrogens with one attached hydrogen (secondary N) is 1. The smallest absolute Gasteiger partial charge is 0.289 e. The van der Waals surface area contributed by atoms with Gasteiger partial charge >= 0.3 is 0 Å². The highest BCUT2D eigenvalue weighted by Gasteiger charge is 2.32. The summed E-state index contributed by atoms with van der Waals surface area (Å²) in [6, 6.07) is 22.5. The topological polar surface area (TPSA) is 75.7 Å². The number of fused-ring (bicyclic) bond motifs is 1. The maximum absolute atomic E-state index is 13.3. The second kappa shape index (κ2) is 8.75. The van der Waals surface area contributed by atoms with E-state index in [1.165, 1.54) is 6.26 Å². The van der Waals surface area contributed by atoms with Crippen molar-refractivity contribution in [1.29, 1.82) is 0 Å². The first kappa shape index (κ1) is 20.1. The van der Waals surface area contributed by atoms with E-state index in [0.717, 1.165) is 29.4 Å². The first-order valence-electron chi connectivity index (χ1n) is 10.9. The summed E-state index contributed by atoms with van der Waals surface area (Å²) in [4.78, 5) is 27.7. The van der Waals surface area contributed by atoms with Gasteiger partial charge in [-0.15, -0.1) is 0 Å². The Morgan fingerprint density at radius 1 is 1.00 bits per heavy atom. The number of hydrogen-bond donors (Lipinski definition) is 1. The zero-order valence-electron chi connectivity index (χ0n) is 17.6. The van der Waals surface area contributed by atoms with E-state index in [2.05, 4.69) is 5.32 Å². The minimum Gasteiger partial charge on any atom is -0.459 e. The van der Waals surface area contributed by atoms with Crippen LogP contribution < -0.4 is 5.32 Å². The van der Waals surface area contributed by atoms with E-state index in [4.69, 9.17) is 8.83 Å². The van der Waals surface area contributed by atoms with Crippen molar-refractivity contribution in [2.45, 2.75) is 18.9 Å². The summed E-state index contributed by atoms with van der Waals surface area (Å²) in [6.45, 7) is 0.988. The van der Waals surface area contributed by atoms with Crippen LogP contribution in [0.3, 0.4) is 0 Å². The summed E-state index contributed by atoms with van der Waals surface area (Å²) in [5, 5.41) is 4.17. The minimum atomic E-state index is -0.410. The lowest BCUT2D eigenvalue weighted by molar-refractivity contribution is -0.127. The van der Waals surface area contributed by atoms with Gasteiger partial charge in [-0.05, 0) is 42.7 Å². The van der Waals surface area contributed by atoms with Gasteiger partial charge in [0.15, 0.2) is 5.76 Å². The quantitative estimate of drug-likeness (QED) is 0.496. The number of piperidine rings is 1. The molecule has 2 aromatic heterocycles. The highest BCUT2D eigenvalue weighted by atomic mass is 16.3. The average molecular weight is 428 g/mol. The van der Waals surface area contributed by atoms with Crippen LogP contribution in [0.2, 0.25) is 0 Å². The number of furan rings is 2. The summed E-state index contributed by atoms with van der Waals surface area (Å²) in [5.74, 6) is 0.430. The molecule has 32 heavy (non-hydrogen) atoms. The summed E-state index contributed by atoms with van der Waals surface area (Å²) in [6.07, 6.45) is 2.99. The summed E-state index contributed by atoms with van der Waals surface area (Å²) >= 11 is 0. The SMILES string of the molecule is O=C(N[C@@H](c1ccccc1)c1cc2ccccc2o1)[C@H]1CCCN(C(=O)c2ccco2)C1. The van der Waals surface area contributed by atoms with E-state index in [1.54, 1.807) is 17.0 Å². The van der Waals surface area contributed by atoms with Crippen LogP contribution in [0.4, 0.5) is 0 Å². The monoisotopic (exact) mass is 428 g/mol. The summed E-state index contributed by atoms with van der Waals surface area (Å²) in [5.41, 5.74) is 1.73. The first-order chi connectivity index (χ1) is 15.7. The molecule has 3 heterocycles. The van der Waals surface area contributed by atoms with Crippen molar-refractivity contribution in [2.75, 3.05) is 13.1 Å². The molecule has 1 N–H and O–H groups in total. The maximum atomic E-state index is 13.3. The van der Waals surface area contributed by atoms with Crippen molar-refractivity contribution < 1.29 is 18.4 Å². The van der Waals surface area contributed by atoms with Gasteiger partial charge in [0.25, 0.3) is 5.91 Å². The molecule has 1 fully saturated rings. The van der Waals surface area contributed by atoms with E-state index in [-0.39, 0.29) is 17.7 Å². The number of carbonyl (C=O) groups is 2. The van der Waals surface area contributed by atoms with Crippen molar-refractivity contribution in [3.05, 3.63) is 96.1 Å². The Hall–Kier alpha value is -3.80. The molecule has 0 saturated carbocycles. The van der Waals surface area contributed by atoms with Crippen LogP contribution in [-0.2, 0) is 4.79 Å². The second-order valence-corrected chi connectivity index (χ2v) is 8.11. The van der Waals surface area contributed by atoms with Crippen LogP contribution in [0, 0.1) is 5.92 Å². The van der Waals surface area contributed by atoms with Crippen molar-refractivity contribution in [3.63, 3.8) is 0 Å². The van der Waals surface area contributed by atoms with Gasteiger partial charge in [0, 0.05) is 18.5 Å². The van der Waals surface area contributed by atoms with Crippen molar-refractivity contribution in [2.24, 2.45) is 5.92 Å². The minimum absolute atomic E-state index is 0.0868. The predicted molar refractivity (Wildman–Crippen MR) is 120 cm³/mol. The number of likely N-dealkylation sites (tertiary alicyclic amines) is 1. The highest BCUT2D eigenvalue weighted by Crippen LogP contribution is 2.29. The molecule has 4 aromatic rings. The number of para-hydroxylation sites is 1. The molecule has 1 aliphatic heterocycles. The Morgan fingerprint density at radius 2 is 1.81 bits per heavy atom. The molecule has 1 saturated heterocycles. The van der Waals surface area contributed by atoms with Crippen LogP contribution >= 0.6 is 0 Å². The molecule has 2 atom stereocenters. The van der Waals surface area contributed by atoms with Crippen LogP contribution in [0.25, 0.3) is 11.0 Å². The molecule has 1 aliphatic rings. The first-order valence-corrected chi connectivity index (χ1v) is 10.9. The fourth-order valence-corrected chi connectivity index (χ4v) is 4.30. The van der Waals surface area contributed by atoms with Gasteiger partial charge in [0.2, 0.25) is 5.91 Å². The fraction of sp³-hybridized carbons (Fsp3) is 0.231. The third-order valence-electron chi connectivity index (χ3n) is 5.96. The Kier molecular flexibility index (Phi) is 5.50. The summed E-state index contributed by atoms with van der Waals surface area (Å²) < 4.78 is 11.3. The highest BCUT2D eigenvalue weighted by molar-refractivity contribution is 5.92. The molecule has 2 amide bonds. The molecule has 0 unspecified atom stereocenters. The van der Waals surface area contributed by atoms with Crippen LogP contribution in [0.1, 0.15) is 40.8 Å². The molecular formula is C26H24N2O4. The largest absolute Gasteiger partial charge is 0.459 e. The van der Waals surface area contributed by atoms with Gasteiger partial charge in [-0.3, -0.25) is 9.59 Å². The maximum Gasteiger partial charge on any atom is 0.289 e. The molecule has 6 nitrogen and oxygen atoms in total. The molecule has 5 rings (SSSR count). The zero-order valence-corrected chi connectivity index (χ0v) is 17.6. The summed E-state index contributed by atoms with van der Waals surface area (Å²) in [7, 11) is 0. The molecule has 0 bridgehead atoms. The third-order valence-corrected chi connectivity index (χ3v) is 5.96. The van der Waals surface area contributed by atoms with Crippen LogP contribution in [0.15, 0.2) is 87.9 Å². The molecule has 6 heteroatoms. The van der Waals surface area contributed by atoms with Gasteiger partial charge in [0.1, 0.15) is 17.4 Å². The van der Waals surface area contributed by atoms with Gasteiger partial charge in [-0.25, -0.2) is 0 Å². The lowest BCUT2D eigenvalue weighted by Gasteiger charge is -2.32.